The molecule has 1 heterocycles. The highest BCUT2D eigenvalue weighted by Gasteiger charge is 2.27. The lowest BCUT2D eigenvalue weighted by Gasteiger charge is -2.22. The molecule has 3 unspecified atom stereocenters. The van der Waals surface area contributed by atoms with Crippen LogP contribution < -0.4 is 25.4 Å². The third kappa shape index (κ3) is 4.28. The van der Waals surface area contributed by atoms with Gasteiger partial charge in [0.15, 0.2) is 0 Å². The molecule has 0 aromatic heterocycles. The maximum atomic E-state index is 12.1. The van der Waals surface area contributed by atoms with Gasteiger partial charge < -0.3 is 25.4 Å². The molecule has 3 N–H and O–H groups in total. The molecular weight excluding hydrogens is 294 g/mol. The first-order valence-corrected chi connectivity index (χ1v) is 7.98. The van der Waals surface area contributed by atoms with Gasteiger partial charge in [0.1, 0.15) is 11.5 Å². The summed E-state index contributed by atoms with van der Waals surface area (Å²) >= 11 is 0. The number of methoxy groups -OCH3 is 2. The molecule has 0 saturated carbocycles. The third-order valence-electron chi connectivity index (χ3n) is 4.44. The SMILES string of the molecule is COc1cc(OC)cc(N2CCC(NC(=O)C(C)C(C)N)C2)c1. The van der Waals surface area contributed by atoms with Gasteiger partial charge in [0, 0.05) is 55.0 Å². The molecule has 1 aliphatic heterocycles. The van der Waals surface area contributed by atoms with Crippen LogP contribution in [0.5, 0.6) is 11.5 Å². The summed E-state index contributed by atoms with van der Waals surface area (Å²) in [6, 6.07) is 5.81. The minimum absolute atomic E-state index is 0.0232. The van der Waals surface area contributed by atoms with E-state index in [2.05, 4.69) is 10.2 Å². The average molecular weight is 321 g/mol. The lowest BCUT2D eigenvalue weighted by molar-refractivity contribution is -0.125. The van der Waals surface area contributed by atoms with E-state index in [1.165, 1.54) is 0 Å². The summed E-state index contributed by atoms with van der Waals surface area (Å²) in [5.74, 6) is 1.37. The Morgan fingerprint density at radius 1 is 1.26 bits per heavy atom. The molecule has 0 radical (unpaired) electrons. The summed E-state index contributed by atoms with van der Waals surface area (Å²) in [7, 11) is 3.28. The minimum Gasteiger partial charge on any atom is -0.497 e. The molecule has 0 spiro atoms. The molecule has 0 bridgehead atoms. The van der Waals surface area contributed by atoms with Crippen LogP contribution >= 0.6 is 0 Å². The molecule has 1 amide bonds. The second kappa shape index (κ2) is 7.55. The molecular formula is C17H27N3O3. The van der Waals surface area contributed by atoms with Crippen LogP contribution in [0.15, 0.2) is 18.2 Å². The normalized spacial score (nSPS) is 20.0. The molecule has 2 rings (SSSR count). The van der Waals surface area contributed by atoms with Crippen molar-refractivity contribution < 1.29 is 14.3 Å². The zero-order chi connectivity index (χ0) is 17.0. The van der Waals surface area contributed by atoms with Gasteiger partial charge in [-0.1, -0.05) is 6.92 Å². The van der Waals surface area contributed by atoms with E-state index in [9.17, 15) is 4.79 Å². The Morgan fingerprint density at radius 2 is 1.87 bits per heavy atom. The van der Waals surface area contributed by atoms with E-state index in [0.717, 1.165) is 36.7 Å². The first kappa shape index (κ1) is 17.4. The van der Waals surface area contributed by atoms with Gasteiger partial charge in [-0.3, -0.25) is 4.79 Å². The Balaban J connectivity index is 2.01. The zero-order valence-electron chi connectivity index (χ0n) is 14.3. The van der Waals surface area contributed by atoms with E-state index in [0.29, 0.717) is 0 Å². The number of benzene rings is 1. The smallest absolute Gasteiger partial charge is 0.224 e. The number of ether oxygens (including phenoxy) is 2. The maximum absolute atomic E-state index is 12.1. The van der Waals surface area contributed by atoms with E-state index in [1.54, 1.807) is 14.2 Å². The molecule has 1 aromatic carbocycles. The number of hydrogen-bond donors (Lipinski definition) is 2. The Hall–Kier alpha value is -1.95. The van der Waals surface area contributed by atoms with E-state index >= 15 is 0 Å². The first-order valence-electron chi connectivity index (χ1n) is 7.98. The van der Waals surface area contributed by atoms with Gasteiger partial charge in [0.25, 0.3) is 0 Å². The second-order valence-electron chi connectivity index (χ2n) is 6.16. The molecule has 23 heavy (non-hydrogen) atoms. The number of anilines is 1. The Bertz CT molecular complexity index is 526. The number of carbonyl (C=O) groups is 1. The minimum atomic E-state index is -0.180. The van der Waals surface area contributed by atoms with Crippen LogP contribution in [0.2, 0.25) is 0 Å². The van der Waals surface area contributed by atoms with E-state index < -0.39 is 0 Å². The van der Waals surface area contributed by atoms with Crippen LogP contribution in [-0.2, 0) is 4.79 Å². The zero-order valence-corrected chi connectivity index (χ0v) is 14.3. The highest BCUT2D eigenvalue weighted by atomic mass is 16.5. The molecule has 0 aliphatic carbocycles. The standard InChI is InChI=1S/C17H27N3O3/c1-11(12(2)18)17(21)19-13-5-6-20(10-13)14-7-15(22-3)9-16(8-14)23-4/h7-9,11-13H,5-6,10,18H2,1-4H3,(H,19,21). The van der Waals surface area contributed by atoms with Crippen molar-refractivity contribution in [2.24, 2.45) is 11.7 Å². The largest absolute Gasteiger partial charge is 0.497 e. The van der Waals surface area contributed by atoms with E-state index in [4.69, 9.17) is 15.2 Å². The lowest BCUT2D eigenvalue weighted by Crippen LogP contribution is -2.44. The van der Waals surface area contributed by atoms with Crippen LogP contribution in [0.25, 0.3) is 0 Å². The Morgan fingerprint density at radius 3 is 2.39 bits per heavy atom. The van der Waals surface area contributed by atoms with Crippen LogP contribution in [0.4, 0.5) is 5.69 Å². The van der Waals surface area contributed by atoms with Gasteiger partial charge >= 0.3 is 0 Å². The van der Waals surface area contributed by atoms with Crippen LogP contribution in [0.3, 0.4) is 0 Å². The molecule has 6 nitrogen and oxygen atoms in total. The van der Waals surface area contributed by atoms with Gasteiger partial charge in [0.05, 0.1) is 14.2 Å². The molecule has 3 atom stereocenters. The fourth-order valence-electron chi connectivity index (χ4n) is 2.66. The maximum Gasteiger partial charge on any atom is 0.224 e. The van der Waals surface area contributed by atoms with Crippen molar-refractivity contribution in [3.8, 4) is 11.5 Å². The molecule has 1 aromatic rings. The molecule has 1 aliphatic rings. The summed E-state index contributed by atoms with van der Waals surface area (Å²) < 4.78 is 10.6. The van der Waals surface area contributed by atoms with Crippen LogP contribution in [0, 0.1) is 5.92 Å². The average Bonchev–Trinajstić information content (AvgIpc) is 3.01. The lowest BCUT2D eigenvalue weighted by atomic mass is 10.0. The first-order chi connectivity index (χ1) is 10.9. The number of nitrogens with zero attached hydrogens (tertiary/aromatic N) is 1. The monoisotopic (exact) mass is 321 g/mol. The van der Waals surface area contributed by atoms with Crippen molar-refractivity contribution in [1.82, 2.24) is 5.32 Å². The Labute approximate surface area is 137 Å². The van der Waals surface area contributed by atoms with Gasteiger partial charge in [-0.25, -0.2) is 0 Å². The van der Waals surface area contributed by atoms with Crippen LogP contribution in [0.1, 0.15) is 20.3 Å². The quantitative estimate of drug-likeness (QED) is 0.828. The number of nitrogens with one attached hydrogen (secondary N) is 1. The van der Waals surface area contributed by atoms with Gasteiger partial charge in [-0.15, -0.1) is 0 Å². The fourth-order valence-corrected chi connectivity index (χ4v) is 2.66. The predicted molar refractivity (Wildman–Crippen MR) is 91.1 cm³/mol. The van der Waals surface area contributed by atoms with Gasteiger partial charge in [-0.05, 0) is 13.3 Å². The van der Waals surface area contributed by atoms with Crippen molar-refractivity contribution in [2.45, 2.75) is 32.4 Å². The second-order valence-corrected chi connectivity index (χ2v) is 6.16. The number of rotatable bonds is 6. The predicted octanol–water partition coefficient (Wildman–Crippen LogP) is 1.38. The van der Waals surface area contributed by atoms with Crippen LogP contribution in [-0.4, -0.2) is 45.3 Å². The summed E-state index contributed by atoms with van der Waals surface area (Å²) in [5.41, 5.74) is 6.83. The van der Waals surface area contributed by atoms with Crippen molar-refractivity contribution in [2.75, 3.05) is 32.2 Å². The molecule has 1 fully saturated rings. The molecule has 6 heteroatoms. The highest BCUT2D eigenvalue weighted by Crippen LogP contribution is 2.30. The van der Waals surface area contributed by atoms with Gasteiger partial charge in [0.2, 0.25) is 5.91 Å². The third-order valence-corrected chi connectivity index (χ3v) is 4.44. The Kier molecular flexibility index (Phi) is 5.71. The number of carbonyl (C=O) groups excluding carboxylic acids is 1. The summed E-state index contributed by atoms with van der Waals surface area (Å²) in [5, 5.41) is 3.09. The van der Waals surface area contributed by atoms with Crippen molar-refractivity contribution in [3.05, 3.63) is 18.2 Å². The van der Waals surface area contributed by atoms with Gasteiger partial charge in [-0.2, -0.15) is 0 Å². The summed E-state index contributed by atoms with van der Waals surface area (Å²) in [4.78, 5) is 14.4. The summed E-state index contributed by atoms with van der Waals surface area (Å²) in [6.45, 7) is 5.37. The highest BCUT2D eigenvalue weighted by molar-refractivity contribution is 5.79. The topological polar surface area (TPSA) is 76.8 Å². The number of hydrogen-bond acceptors (Lipinski definition) is 5. The van der Waals surface area contributed by atoms with Crippen molar-refractivity contribution >= 4 is 11.6 Å². The molecule has 1 saturated heterocycles. The van der Waals surface area contributed by atoms with E-state index in [1.807, 2.05) is 32.0 Å². The number of amides is 1. The van der Waals surface area contributed by atoms with E-state index in [-0.39, 0.29) is 23.9 Å². The van der Waals surface area contributed by atoms with Crippen molar-refractivity contribution in [1.29, 1.82) is 0 Å². The summed E-state index contributed by atoms with van der Waals surface area (Å²) in [6.07, 6.45) is 0.914. The van der Waals surface area contributed by atoms with Crippen molar-refractivity contribution in [3.63, 3.8) is 0 Å². The molecule has 128 valence electrons. The number of nitrogens with two attached hydrogens (primary N) is 1. The fraction of sp³-hybridized carbons (Fsp3) is 0.588.